The summed E-state index contributed by atoms with van der Waals surface area (Å²) in [6.07, 6.45) is 1.57. The highest BCUT2D eigenvalue weighted by molar-refractivity contribution is 6.30. The molecule has 0 atom stereocenters. The van der Waals surface area contributed by atoms with Crippen LogP contribution in [-0.2, 0) is 11.3 Å². The van der Waals surface area contributed by atoms with Gasteiger partial charge in [-0.15, -0.1) is 0 Å². The molecule has 0 bridgehead atoms. The smallest absolute Gasteiger partial charge is 0.264 e. The Morgan fingerprint density at radius 3 is 2.41 bits per heavy atom. The molecule has 1 amide bonds. The van der Waals surface area contributed by atoms with Crippen molar-refractivity contribution in [3.05, 3.63) is 76.3 Å². The van der Waals surface area contributed by atoms with Crippen LogP contribution in [0.2, 0.25) is 5.02 Å². The number of halogens is 1. The molecule has 0 heterocycles. The highest BCUT2D eigenvalue weighted by Gasteiger charge is 2.14. The number of nitriles is 1. The summed E-state index contributed by atoms with van der Waals surface area (Å²) in [6.45, 7) is 0.458. The van der Waals surface area contributed by atoms with Crippen LogP contribution in [0.5, 0.6) is 0 Å². The van der Waals surface area contributed by atoms with E-state index in [-0.39, 0.29) is 11.5 Å². The fourth-order valence-electron chi connectivity index (χ4n) is 2.00. The maximum absolute atomic E-state index is 12.4. The van der Waals surface area contributed by atoms with Crippen LogP contribution in [-0.4, -0.2) is 17.9 Å². The van der Waals surface area contributed by atoms with Crippen molar-refractivity contribution in [3.8, 4) is 6.07 Å². The molecule has 0 N–H and O–H groups in total. The third-order valence-corrected chi connectivity index (χ3v) is 3.39. The zero-order chi connectivity index (χ0) is 15.9. The molecule has 0 aliphatic rings. The normalized spacial score (nSPS) is 10.9. The first kappa shape index (κ1) is 15.8. The number of nitrogens with zero attached hydrogens (tertiary/aromatic N) is 2. The predicted molar refractivity (Wildman–Crippen MR) is 88.0 cm³/mol. The zero-order valence-electron chi connectivity index (χ0n) is 12.2. The van der Waals surface area contributed by atoms with Gasteiger partial charge in [-0.05, 0) is 29.3 Å². The molecule has 0 aliphatic carbocycles. The first-order valence-corrected chi connectivity index (χ1v) is 7.14. The van der Waals surface area contributed by atoms with Crippen molar-refractivity contribution in [3.63, 3.8) is 0 Å². The van der Waals surface area contributed by atoms with E-state index < -0.39 is 0 Å². The van der Waals surface area contributed by atoms with Crippen LogP contribution in [0.25, 0.3) is 6.08 Å². The van der Waals surface area contributed by atoms with Gasteiger partial charge in [0.25, 0.3) is 5.91 Å². The maximum atomic E-state index is 12.4. The van der Waals surface area contributed by atoms with Gasteiger partial charge in [-0.1, -0.05) is 54.1 Å². The molecule has 0 aromatic heterocycles. The predicted octanol–water partition coefficient (Wildman–Crippen LogP) is 3.91. The number of hydrogen-bond acceptors (Lipinski definition) is 2. The van der Waals surface area contributed by atoms with Crippen LogP contribution in [0, 0.1) is 11.3 Å². The van der Waals surface area contributed by atoms with Gasteiger partial charge in [0.2, 0.25) is 0 Å². The minimum atomic E-state index is -0.304. The van der Waals surface area contributed by atoms with Crippen molar-refractivity contribution < 1.29 is 4.79 Å². The molecular weight excluding hydrogens is 296 g/mol. The maximum Gasteiger partial charge on any atom is 0.264 e. The van der Waals surface area contributed by atoms with Crippen LogP contribution in [0.4, 0.5) is 0 Å². The van der Waals surface area contributed by atoms with Crippen molar-refractivity contribution in [2.45, 2.75) is 6.54 Å². The Kier molecular flexibility index (Phi) is 5.35. The van der Waals surface area contributed by atoms with E-state index >= 15 is 0 Å². The highest BCUT2D eigenvalue weighted by atomic mass is 35.5. The summed E-state index contributed by atoms with van der Waals surface area (Å²) in [5.41, 5.74) is 1.88. The molecule has 0 fully saturated rings. The van der Waals surface area contributed by atoms with E-state index in [2.05, 4.69) is 0 Å². The molecule has 0 aliphatic heterocycles. The second-order valence-corrected chi connectivity index (χ2v) is 5.30. The van der Waals surface area contributed by atoms with Gasteiger partial charge in [0.15, 0.2) is 0 Å². The summed E-state index contributed by atoms with van der Waals surface area (Å²) in [4.78, 5) is 13.9. The summed E-state index contributed by atoms with van der Waals surface area (Å²) < 4.78 is 0. The molecule has 0 spiro atoms. The average Bonchev–Trinajstić information content (AvgIpc) is 2.54. The Bertz CT molecular complexity index is 715. The minimum absolute atomic E-state index is 0.0979. The van der Waals surface area contributed by atoms with E-state index in [0.717, 1.165) is 11.1 Å². The van der Waals surface area contributed by atoms with Gasteiger partial charge in [-0.2, -0.15) is 5.26 Å². The second kappa shape index (κ2) is 7.44. The summed E-state index contributed by atoms with van der Waals surface area (Å²) in [6, 6.07) is 18.6. The van der Waals surface area contributed by atoms with Crippen molar-refractivity contribution in [2.75, 3.05) is 7.05 Å². The lowest BCUT2D eigenvalue weighted by atomic mass is 10.1. The Morgan fingerprint density at radius 1 is 1.18 bits per heavy atom. The number of carbonyl (C=O) groups is 1. The van der Waals surface area contributed by atoms with E-state index in [9.17, 15) is 10.1 Å². The third-order valence-electron chi connectivity index (χ3n) is 3.14. The monoisotopic (exact) mass is 310 g/mol. The largest absolute Gasteiger partial charge is 0.337 e. The van der Waals surface area contributed by atoms with E-state index in [1.54, 1.807) is 37.4 Å². The molecule has 22 heavy (non-hydrogen) atoms. The molecular formula is C18H15ClN2O. The average molecular weight is 311 g/mol. The molecule has 2 aromatic carbocycles. The SMILES string of the molecule is CN(Cc1ccccc1)C(=O)/C(C#N)=C/c1ccc(Cl)cc1. The van der Waals surface area contributed by atoms with Gasteiger partial charge in [-0.3, -0.25) is 4.79 Å². The number of hydrogen-bond donors (Lipinski definition) is 0. The number of likely N-dealkylation sites (N-methyl/N-ethyl adjacent to an activating group) is 1. The molecule has 4 heteroatoms. The Balaban J connectivity index is 2.14. The summed E-state index contributed by atoms with van der Waals surface area (Å²) in [7, 11) is 1.68. The molecule has 110 valence electrons. The molecule has 0 saturated heterocycles. The quantitative estimate of drug-likeness (QED) is 0.635. The second-order valence-electron chi connectivity index (χ2n) is 4.87. The first-order valence-electron chi connectivity index (χ1n) is 6.77. The fourth-order valence-corrected chi connectivity index (χ4v) is 2.13. The van der Waals surface area contributed by atoms with E-state index in [4.69, 9.17) is 11.6 Å². The van der Waals surface area contributed by atoms with Crippen molar-refractivity contribution in [1.29, 1.82) is 5.26 Å². The van der Waals surface area contributed by atoms with Crippen molar-refractivity contribution in [1.82, 2.24) is 4.90 Å². The molecule has 0 radical (unpaired) electrons. The lowest BCUT2D eigenvalue weighted by molar-refractivity contribution is -0.125. The zero-order valence-corrected chi connectivity index (χ0v) is 12.9. The van der Waals surface area contributed by atoms with Gasteiger partial charge in [0, 0.05) is 18.6 Å². The van der Waals surface area contributed by atoms with Crippen LogP contribution in [0.15, 0.2) is 60.2 Å². The number of amides is 1. The van der Waals surface area contributed by atoms with Crippen LogP contribution in [0.1, 0.15) is 11.1 Å². The lowest BCUT2D eigenvalue weighted by Crippen LogP contribution is -2.27. The van der Waals surface area contributed by atoms with Gasteiger partial charge < -0.3 is 4.90 Å². The molecule has 2 aromatic rings. The highest BCUT2D eigenvalue weighted by Crippen LogP contribution is 2.14. The third kappa shape index (κ3) is 4.21. The lowest BCUT2D eigenvalue weighted by Gasteiger charge is -2.16. The van der Waals surface area contributed by atoms with E-state index in [1.165, 1.54) is 4.90 Å². The van der Waals surface area contributed by atoms with Crippen LogP contribution < -0.4 is 0 Å². The Morgan fingerprint density at radius 2 is 1.82 bits per heavy atom. The molecule has 2 rings (SSSR count). The summed E-state index contributed by atoms with van der Waals surface area (Å²) in [5.74, 6) is -0.304. The molecule has 0 unspecified atom stereocenters. The van der Waals surface area contributed by atoms with Gasteiger partial charge in [0.05, 0.1) is 0 Å². The topological polar surface area (TPSA) is 44.1 Å². The van der Waals surface area contributed by atoms with Crippen LogP contribution >= 0.6 is 11.6 Å². The van der Waals surface area contributed by atoms with Gasteiger partial charge >= 0.3 is 0 Å². The number of carbonyl (C=O) groups excluding carboxylic acids is 1. The Hall–Kier alpha value is -2.57. The van der Waals surface area contributed by atoms with E-state index in [0.29, 0.717) is 11.6 Å². The van der Waals surface area contributed by atoms with Gasteiger partial charge in [-0.25, -0.2) is 0 Å². The minimum Gasteiger partial charge on any atom is -0.337 e. The number of benzene rings is 2. The fraction of sp³-hybridized carbons (Fsp3) is 0.111. The first-order chi connectivity index (χ1) is 10.6. The molecule has 0 saturated carbocycles. The van der Waals surface area contributed by atoms with Crippen molar-refractivity contribution >= 4 is 23.6 Å². The molecule has 3 nitrogen and oxygen atoms in total. The van der Waals surface area contributed by atoms with Crippen LogP contribution in [0.3, 0.4) is 0 Å². The van der Waals surface area contributed by atoms with E-state index in [1.807, 2.05) is 36.4 Å². The summed E-state index contributed by atoms with van der Waals surface area (Å²) in [5, 5.41) is 9.85. The Labute approximate surface area is 135 Å². The summed E-state index contributed by atoms with van der Waals surface area (Å²) >= 11 is 5.82. The van der Waals surface area contributed by atoms with Crippen molar-refractivity contribution in [2.24, 2.45) is 0 Å². The standard InChI is InChI=1S/C18H15ClN2O/c1-21(13-15-5-3-2-4-6-15)18(22)16(12-20)11-14-7-9-17(19)10-8-14/h2-11H,13H2,1H3/b16-11+. The van der Waals surface area contributed by atoms with Gasteiger partial charge in [0.1, 0.15) is 11.6 Å². The number of rotatable bonds is 4.